The molecule has 2 aliphatic rings. The van der Waals surface area contributed by atoms with E-state index in [2.05, 4.69) is 13.8 Å². The van der Waals surface area contributed by atoms with Gasteiger partial charge in [0.1, 0.15) is 0 Å². The average Bonchev–Trinajstić information content (AvgIpc) is 3.09. The van der Waals surface area contributed by atoms with E-state index in [1.54, 1.807) is 12.2 Å². The molecule has 0 unspecified atom stereocenters. The summed E-state index contributed by atoms with van der Waals surface area (Å²) in [7, 11) is 0. The van der Waals surface area contributed by atoms with E-state index < -0.39 is 0 Å². The van der Waals surface area contributed by atoms with Crippen LogP contribution in [0.4, 0.5) is 0 Å². The quantitative estimate of drug-likeness (QED) is 0.634. The Labute approximate surface area is 131 Å². The topological polar surface area (TPSA) is 38.8 Å². The molecule has 4 nitrogen and oxygen atoms in total. The van der Waals surface area contributed by atoms with Crippen molar-refractivity contribution in [2.24, 2.45) is 0 Å². The summed E-state index contributed by atoms with van der Waals surface area (Å²) in [5, 5.41) is 0. The summed E-state index contributed by atoms with van der Waals surface area (Å²) in [6.45, 7) is 4.50. The Balaban J connectivity index is 1.60. The largest absolute Gasteiger partial charge is 0.454 e. The predicted octanol–water partition coefficient (Wildman–Crippen LogP) is 3.38. The lowest BCUT2D eigenvalue weighted by Crippen LogP contribution is -2.37. The summed E-state index contributed by atoms with van der Waals surface area (Å²) in [6.07, 6.45) is 9.44. The van der Waals surface area contributed by atoms with Crippen LogP contribution in [0.3, 0.4) is 0 Å². The van der Waals surface area contributed by atoms with Crippen LogP contribution in [-0.2, 0) is 4.79 Å². The first kappa shape index (κ1) is 14.7. The molecule has 2 aliphatic heterocycles. The molecule has 0 saturated carbocycles. The smallest absolute Gasteiger partial charge is 0.247 e. The third kappa shape index (κ3) is 3.01. The number of benzene rings is 1. The first-order chi connectivity index (χ1) is 10.6. The highest BCUT2D eigenvalue weighted by Crippen LogP contribution is 2.32. The van der Waals surface area contributed by atoms with Gasteiger partial charge in [0.15, 0.2) is 11.5 Å². The fourth-order valence-electron chi connectivity index (χ4n) is 3.04. The normalized spacial score (nSPS) is 23.8. The standard InChI is InChI=1S/C18H21NO3/c1-13-7-8-14(2)19(13)18(20)6-4-3-5-15-9-10-16-17(11-15)22-12-21-16/h3-6,9-11,13-14H,7-8,12H2,1-2H3/t13-,14-/m1/s1. The van der Waals surface area contributed by atoms with Gasteiger partial charge in [-0.15, -0.1) is 0 Å². The number of allylic oxidation sites excluding steroid dienone is 2. The van der Waals surface area contributed by atoms with Crippen molar-refractivity contribution >= 4 is 12.0 Å². The van der Waals surface area contributed by atoms with E-state index in [0.717, 1.165) is 29.9 Å². The molecule has 2 heterocycles. The van der Waals surface area contributed by atoms with Gasteiger partial charge in [0.25, 0.3) is 0 Å². The summed E-state index contributed by atoms with van der Waals surface area (Å²) in [6, 6.07) is 6.46. The van der Waals surface area contributed by atoms with E-state index in [-0.39, 0.29) is 12.7 Å². The number of likely N-dealkylation sites (tertiary alicyclic amines) is 1. The van der Waals surface area contributed by atoms with Crippen molar-refractivity contribution < 1.29 is 14.3 Å². The van der Waals surface area contributed by atoms with Crippen molar-refractivity contribution in [2.45, 2.75) is 38.8 Å². The number of hydrogen-bond acceptors (Lipinski definition) is 3. The molecule has 3 rings (SSSR count). The molecule has 1 fully saturated rings. The molecule has 1 amide bonds. The first-order valence-electron chi connectivity index (χ1n) is 7.72. The van der Waals surface area contributed by atoms with Gasteiger partial charge in [0, 0.05) is 18.2 Å². The van der Waals surface area contributed by atoms with Gasteiger partial charge < -0.3 is 14.4 Å². The number of carbonyl (C=O) groups excluding carboxylic acids is 1. The molecular formula is C18H21NO3. The molecule has 0 radical (unpaired) electrons. The van der Waals surface area contributed by atoms with Crippen LogP contribution >= 0.6 is 0 Å². The minimum Gasteiger partial charge on any atom is -0.454 e. The number of amides is 1. The van der Waals surface area contributed by atoms with Crippen LogP contribution in [-0.4, -0.2) is 29.7 Å². The van der Waals surface area contributed by atoms with Crippen molar-refractivity contribution in [1.82, 2.24) is 4.90 Å². The molecule has 2 atom stereocenters. The Morgan fingerprint density at radius 2 is 1.86 bits per heavy atom. The number of carbonyl (C=O) groups is 1. The third-order valence-corrected chi connectivity index (χ3v) is 4.24. The molecule has 0 N–H and O–H groups in total. The lowest BCUT2D eigenvalue weighted by Gasteiger charge is -2.24. The molecule has 0 aromatic heterocycles. The fraction of sp³-hybridized carbons (Fsp3) is 0.389. The zero-order chi connectivity index (χ0) is 15.5. The Morgan fingerprint density at radius 1 is 1.14 bits per heavy atom. The van der Waals surface area contributed by atoms with E-state index in [1.165, 1.54) is 0 Å². The van der Waals surface area contributed by atoms with Gasteiger partial charge in [-0.05, 0) is 44.4 Å². The zero-order valence-corrected chi connectivity index (χ0v) is 13.0. The van der Waals surface area contributed by atoms with Crippen molar-refractivity contribution in [3.8, 4) is 11.5 Å². The monoisotopic (exact) mass is 299 g/mol. The van der Waals surface area contributed by atoms with Crippen LogP contribution in [0.1, 0.15) is 32.3 Å². The molecule has 1 aromatic rings. The van der Waals surface area contributed by atoms with Gasteiger partial charge in [-0.25, -0.2) is 0 Å². The maximum absolute atomic E-state index is 12.2. The minimum atomic E-state index is 0.0906. The van der Waals surface area contributed by atoms with Gasteiger partial charge in [-0.1, -0.05) is 24.3 Å². The third-order valence-electron chi connectivity index (χ3n) is 4.24. The van der Waals surface area contributed by atoms with Crippen LogP contribution in [0.15, 0.2) is 36.4 Å². The van der Waals surface area contributed by atoms with Crippen molar-refractivity contribution in [3.05, 3.63) is 42.0 Å². The number of nitrogens with zero attached hydrogens (tertiary/aromatic N) is 1. The minimum absolute atomic E-state index is 0.0906. The van der Waals surface area contributed by atoms with E-state index in [9.17, 15) is 4.79 Å². The Morgan fingerprint density at radius 3 is 2.64 bits per heavy atom. The summed E-state index contributed by atoms with van der Waals surface area (Å²) in [5.74, 6) is 1.63. The summed E-state index contributed by atoms with van der Waals surface area (Å²) in [5.41, 5.74) is 1.02. The van der Waals surface area contributed by atoms with Crippen LogP contribution in [0.5, 0.6) is 11.5 Å². The van der Waals surface area contributed by atoms with Gasteiger partial charge in [0.05, 0.1) is 0 Å². The molecule has 22 heavy (non-hydrogen) atoms. The SMILES string of the molecule is C[C@@H]1CC[C@@H](C)N1C(=O)C=CC=Cc1ccc2c(c1)OCO2. The van der Waals surface area contributed by atoms with E-state index in [0.29, 0.717) is 12.1 Å². The lowest BCUT2D eigenvalue weighted by molar-refractivity contribution is -0.128. The van der Waals surface area contributed by atoms with Gasteiger partial charge in [-0.2, -0.15) is 0 Å². The van der Waals surface area contributed by atoms with Crippen LogP contribution in [0.25, 0.3) is 6.08 Å². The lowest BCUT2D eigenvalue weighted by atomic mass is 10.2. The van der Waals surface area contributed by atoms with Gasteiger partial charge in [-0.3, -0.25) is 4.79 Å². The maximum Gasteiger partial charge on any atom is 0.247 e. The van der Waals surface area contributed by atoms with Gasteiger partial charge >= 0.3 is 0 Å². The second-order valence-electron chi connectivity index (χ2n) is 5.85. The summed E-state index contributed by atoms with van der Waals surface area (Å²) in [4.78, 5) is 14.2. The Bertz CT molecular complexity index is 611. The van der Waals surface area contributed by atoms with Crippen molar-refractivity contribution in [2.75, 3.05) is 6.79 Å². The summed E-state index contributed by atoms with van der Waals surface area (Å²) < 4.78 is 10.6. The molecule has 1 saturated heterocycles. The molecule has 0 spiro atoms. The molecular weight excluding hydrogens is 278 g/mol. The molecule has 4 heteroatoms. The van der Waals surface area contributed by atoms with Crippen LogP contribution < -0.4 is 9.47 Å². The molecule has 0 aliphatic carbocycles. The molecule has 116 valence electrons. The maximum atomic E-state index is 12.2. The van der Waals surface area contributed by atoms with Gasteiger partial charge in [0.2, 0.25) is 12.7 Å². The number of ether oxygens (including phenoxy) is 2. The van der Waals surface area contributed by atoms with E-state index in [1.807, 2.05) is 35.3 Å². The van der Waals surface area contributed by atoms with Crippen LogP contribution in [0, 0.1) is 0 Å². The predicted molar refractivity (Wildman–Crippen MR) is 85.7 cm³/mol. The zero-order valence-electron chi connectivity index (χ0n) is 13.0. The highest BCUT2D eigenvalue weighted by Gasteiger charge is 2.29. The van der Waals surface area contributed by atoms with E-state index in [4.69, 9.17) is 9.47 Å². The Kier molecular flexibility index (Phi) is 4.18. The molecule has 0 bridgehead atoms. The number of fused-ring (bicyclic) bond motifs is 1. The average molecular weight is 299 g/mol. The fourth-order valence-corrected chi connectivity index (χ4v) is 3.04. The number of rotatable bonds is 3. The number of hydrogen-bond donors (Lipinski definition) is 0. The summed E-state index contributed by atoms with van der Waals surface area (Å²) >= 11 is 0. The van der Waals surface area contributed by atoms with Crippen LogP contribution in [0.2, 0.25) is 0 Å². The second kappa shape index (κ2) is 6.26. The highest BCUT2D eigenvalue weighted by atomic mass is 16.7. The van der Waals surface area contributed by atoms with Crippen molar-refractivity contribution in [1.29, 1.82) is 0 Å². The van der Waals surface area contributed by atoms with Crippen molar-refractivity contribution in [3.63, 3.8) is 0 Å². The second-order valence-corrected chi connectivity index (χ2v) is 5.85. The van der Waals surface area contributed by atoms with E-state index >= 15 is 0 Å². The molecule has 1 aromatic carbocycles. The highest BCUT2D eigenvalue weighted by molar-refractivity contribution is 5.88. The first-order valence-corrected chi connectivity index (χ1v) is 7.72. The Hall–Kier alpha value is -2.23.